The monoisotopic (exact) mass is 253 g/mol. The molecule has 102 valence electrons. The minimum atomic E-state index is -0.230. The van der Waals surface area contributed by atoms with Gasteiger partial charge in [0, 0.05) is 25.0 Å². The molecular formula is C13H23N3O2. The summed E-state index contributed by atoms with van der Waals surface area (Å²) in [5.74, 6) is -0.118. The number of nitrogens with zero attached hydrogens (tertiary/aromatic N) is 1. The molecule has 2 rings (SSSR count). The maximum absolute atomic E-state index is 12.0. The fourth-order valence-corrected chi connectivity index (χ4v) is 2.89. The maximum atomic E-state index is 12.0. The van der Waals surface area contributed by atoms with Crippen LogP contribution in [0, 0.1) is 5.92 Å². The van der Waals surface area contributed by atoms with E-state index in [1.807, 2.05) is 4.90 Å². The molecule has 1 saturated heterocycles. The van der Waals surface area contributed by atoms with Gasteiger partial charge in [-0.3, -0.25) is 9.59 Å². The average molecular weight is 253 g/mol. The topological polar surface area (TPSA) is 75.4 Å². The highest BCUT2D eigenvalue weighted by molar-refractivity contribution is 5.80. The molecule has 0 aromatic rings. The molecule has 0 unspecified atom stereocenters. The van der Waals surface area contributed by atoms with E-state index in [0.29, 0.717) is 38.5 Å². The minimum absolute atomic E-state index is 0.0446. The number of piperidine rings is 1. The summed E-state index contributed by atoms with van der Waals surface area (Å²) in [6, 6.07) is 0.525. The third-order valence-corrected chi connectivity index (χ3v) is 4.15. The molecule has 1 aliphatic carbocycles. The first-order chi connectivity index (χ1) is 8.66. The third kappa shape index (κ3) is 3.45. The van der Waals surface area contributed by atoms with Gasteiger partial charge in [0.25, 0.3) is 0 Å². The first-order valence-corrected chi connectivity index (χ1v) is 6.97. The smallest absolute Gasteiger partial charge is 0.236 e. The van der Waals surface area contributed by atoms with E-state index in [1.165, 1.54) is 25.7 Å². The fourth-order valence-electron chi connectivity index (χ4n) is 2.89. The third-order valence-electron chi connectivity index (χ3n) is 4.15. The molecule has 1 aliphatic heterocycles. The second kappa shape index (κ2) is 6.18. The van der Waals surface area contributed by atoms with Crippen LogP contribution in [0.3, 0.4) is 0 Å². The van der Waals surface area contributed by atoms with E-state index in [9.17, 15) is 9.59 Å². The molecule has 0 spiro atoms. The van der Waals surface area contributed by atoms with Crippen LogP contribution in [0.5, 0.6) is 0 Å². The van der Waals surface area contributed by atoms with Crippen molar-refractivity contribution in [3.63, 3.8) is 0 Å². The summed E-state index contributed by atoms with van der Waals surface area (Å²) in [6.07, 6.45) is 6.36. The van der Waals surface area contributed by atoms with E-state index in [4.69, 9.17) is 5.73 Å². The Morgan fingerprint density at radius 2 is 1.72 bits per heavy atom. The SMILES string of the molecule is NC(=O)C1CCN(C(=O)CNC2CCCC2)CC1. The summed E-state index contributed by atoms with van der Waals surface area (Å²) < 4.78 is 0. The van der Waals surface area contributed by atoms with Crippen LogP contribution in [-0.2, 0) is 9.59 Å². The van der Waals surface area contributed by atoms with E-state index >= 15 is 0 Å². The standard InChI is InChI=1S/C13H23N3O2/c14-13(18)10-5-7-16(8-6-10)12(17)9-15-11-3-1-2-4-11/h10-11,15H,1-9H2,(H2,14,18). The van der Waals surface area contributed by atoms with Crippen molar-refractivity contribution in [1.82, 2.24) is 10.2 Å². The molecular weight excluding hydrogens is 230 g/mol. The number of primary amides is 1. The Kier molecular flexibility index (Phi) is 4.58. The summed E-state index contributed by atoms with van der Waals surface area (Å²) in [5.41, 5.74) is 5.28. The molecule has 0 atom stereocenters. The first kappa shape index (κ1) is 13.3. The van der Waals surface area contributed by atoms with Crippen molar-refractivity contribution in [3.05, 3.63) is 0 Å². The number of likely N-dealkylation sites (tertiary alicyclic amines) is 1. The normalized spacial score (nSPS) is 22.3. The number of carbonyl (C=O) groups is 2. The van der Waals surface area contributed by atoms with Gasteiger partial charge < -0.3 is 16.0 Å². The number of rotatable bonds is 4. The van der Waals surface area contributed by atoms with Crippen LogP contribution in [0.2, 0.25) is 0 Å². The molecule has 2 fully saturated rings. The van der Waals surface area contributed by atoms with Gasteiger partial charge in [0.1, 0.15) is 0 Å². The molecule has 0 radical (unpaired) electrons. The molecule has 0 aromatic heterocycles. The summed E-state index contributed by atoms with van der Waals surface area (Å²) in [5, 5.41) is 3.33. The Morgan fingerprint density at radius 3 is 2.28 bits per heavy atom. The van der Waals surface area contributed by atoms with Gasteiger partial charge >= 0.3 is 0 Å². The highest BCUT2D eigenvalue weighted by atomic mass is 16.2. The van der Waals surface area contributed by atoms with Gasteiger partial charge in [-0.15, -0.1) is 0 Å². The van der Waals surface area contributed by atoms with E-state index in [2.05, 4.69) is 5.32 Å². The number of amides is 2. The zero-order chi connectivity index (χ0) is 13.0. The largest absolute Gasteiger partial charge is 0.369 e. The molecule has 5 nitrogen and oxygen atoms in total. The second-order valence-corrected chi connectivity index (χ2v) is 5.42. The number of hydrogen-bond donors (Lipinski definition) is 2. The van der Waals surface area contributed by atoms with Gasteiger partial charge in [-0.25, -0.2) is 0 Å². The molecule has 0 aromatic carbocycles. The molecule has 2 amide bonds. The van der Waals surface area contributed by atoms with Gasteiger partial charge in [0.15, 0.2) is 0 Å². The van der Waals surface area contributed by atoms with Crippen molar-refractivity contribution in [3.8, 4) is 0 Å². The van der Waals surface area contributed by atoms with Crippen molar-refractivity contribution in [2.75, 3.05) is 19.6 Å². The van der Waals surface area contributed by atoms with E-state index < -0.39 is 0 Å². The van der Waals surface area contributed by atoms with Gasteiger partial charge in [0.05, 0.1) is 6.54 Å². The summed E-state index contributed by atoms with van der Waals surface area (Å²) in [4.78, 5) is 24.9. The van der Waals surface area contributed by atoms with Crippen LogP contribution in [-0.4, -0.2) is 42.4 Å². The van der Waals surface area contributed by atoms with Crippen LogP contribution in [0.25, 0.3) is 0 Å². The van der Waals surface area contributed by atoms with Crippen LogP contribution in [0.4, 0.5) is 0 Å². The van der Waals surface area contributed by atoms with Crippen LogP contribution in [0.15, 0.2) is 0 Å². The fraction of sp³-hybridized carbons (Fsp3) is 0.846. The van der Waals surface area contributed by atoms with Crippen LogP contribution < -0.4 is 11.1 Å². The number of nitrogens with one attached hydrogen (secondary N) is 1. The zero-order valence-electron chi connectivity index (χ0n) is 10.9. The number of hydrogen-bond acceptors (Lipinski definition) is 3. The summed E-state index contributed by atoms with van der Waals surface area (Å²) in [6.45, 7) is 1.77. The van der Waals surface area contributed by atoms with E-state index in [1.54, 1.807) is 0 Å². The lowest BCUT2D eigenvalue weighted by atomic mass is 9.96. The highest BCUT2D eigenvalue weighted by Gasteiger charge is 2.26. The van der Waals surface area contributed by atoms with Gasteiger partial charge in [-0.05, 0) is 25.7 Å². The summed E-state index contributed by atoms with van der Waals surface area (Å²) >= 11 is 0. The van der Waals surface area contributed by atoms with Gasteiger partial charge in [-0.2, -0.15) is 0 Å². The Bertz CT molecular complexity index is 305. The average Bonchev–Trinajstić information content (AvgIpc) is 2.89. The molecule has 1 saturated carbocycles. The second-order valence-electron chi connectivity index (χ2n) is 5.42. The van der Waals surface area contributed by atoms with E-state index in [-0.39, 0.29) is 17.7 Å². The predicted molar refractivity (Wildman–Crippen MR) is 68.8 cm³/mol. The van der Waals surface area contributed by atoms with Gasteiger partial charge in [-0.1, -0.05) is 12.8 Å². The van der Waals surface area contributed by atoms with Crippen LogP contribution >= 0.6 is 0 Å². The Hall–Kier alpha value is -1.10. The van der Waals surface area contributed by atoms with Crippen molar-refractivity contribution in [1.29, 1.82) is 0 Å². The molecule has 2 aliphatic rings. The van der Waals surface area contributed by atoms with E-state index in [0.717, 1.165) is 0 Å². The molecule has 3 N–H and O–H groups in total. The Balaban J connectivity index is 1.68. The molecule has 1 heterocycles. The lowest BCUT2D eigenvalue weighted by Gasteiger charge is -2.31. The predicted octanol–water partition coefficient (Wildman–Crippen LogP) is 0.242. The number of carbonyl (C=O) groups excluding carboxylic acids is 2. The highest BCUT2D eigenvalue weighted by Crippen LogP contribution is 2.18. The Labute approximate surface area is 108 Å². The number of nitrogens with two attached hydrogens (primary N) is 1. The summed E-state index contributed by atoms with van der Waals surface area (Å²) in [7, 11) is 0. The van der Waals surface area contributed by atoms with Crippen molar-refractivity contribution in [2.45, 2.75) is 44.6 Å². The van der Waals surface area contributed by atoms with Crippen molar-refractivity contribution >= 4 is 11.8 Å². The molecule has 5 heteroatoms. The van der Waals surface area contributed by atoms with Crippen LogP contribution in [0.1, 0.15) is 38.5 Å². The van der Waals surface area contributed by atoms with Crippen molar-refractivity contribution in [2.24, 2.45) is 11.7 Å². The lowest BCUT2D eigenvalue weighted by molar-refractivity contribution is -0.134. The lowest BCUT2D eigenvalue weighted by Crippen LogP contribution is -2.46. The van der Waals surface area contributed by atoms with Crippen molar-refractivity contribution < 1.29 is 9.59 Å². The minimum Gasteiger partial charge on any atom is -0.369 e. The maximum Gasteiger partial charge on any atom is 0.236 e. The Morgan fingerprint density at radius 1 is 1.11 bits per heavy atom. The first-order valence-electron chi connectivity index (χ1n) is 6.97. The molecule has 0 bridgehead atoms. The molecule has 18 heavy (non-hydrogen) atoms. The quantitative estimate of drug-likeness (QED) is 0.753. The zero-order valence-corrected chi connectivity index (χ0v) is 10.9. The van der Waals surface area contributed by atoms with Gasteiger partial charge in [0.2, 0.25) is 11.8 Å².